The summed E-state index contributed by atoms with van der Waals surface area (Å²) in [7, 11) is 0. The fourth-order valence-electron chi connectivity index (χ4n) is 3.88. The van der Waals surface area contributed by atoms with Crippen molar-refractivity contribution in [3.8, 4) is 10.4 Å². The van der Waals surface area contributed by atoms with Gasteiger partial charge in [-0.05, 0) is 53.7 Å². The molecule has 0 saturated heterocycles. The Balaban J connectivity index is 1.89. The third kappa shape index (κ3) is 3.78. The number of hydrogen-bond acceptors (Lipinski definition) is 3. The van der Waals surface area contributed by atoms with Crippen LogP contribution < -0.4 is 5.56 Å². The highest BCUT2D eigenvalue weighted by atomic mass is 35.5. The topological polar surface area (TPSA) is 26.4 Å². The zero-order valence-corrected chi connectivity index (χ0v) is 19.2. The van der Waals surface area contributed by atoms with E-state index in [9.17, 15) is 18.0 Å². The average Bonchev–Trinajstić information content (AvgIpc) is 3.14. The van der Waals surface area contributed by atoms with Crippen molar-refractivity contribution in [3.05, 3.63) is 103 Å². The van der Waals surface area contributed by atoms with E-state index < -0.39 is 11.7 Å². The molecule has 9 heteroatoms. The van der Waals surface area contributed by atoms with Gasteiger partial charge in [0.15, 0.2) is 3.95 Å². The van der Waals surface area contributed by atoms with Gasteiger partial charge in [0.1, 0.15) is 5.65 Å². The SMILES string of the molecule is O=c1c2ccccc2n2c(=S)sc(-c3cccc(C(F)(F)F)c3)c2n1Cc1ccccc1Cl. The highest BCUT2D eigenvalue weighted by molar-refractivity contribution is 7.73. The Labute approximate surface area is 199 Å². The van der Waals surface area contributed by atoms with Gasteiger partial charge in [0.25, 0.3) is 5.56 Å². The first kappa shape index (κ1) is 21.9. The van der Waals surface area contributed by atoms with E-state index in [0.717, 1.165) is 12.1 Å². The molecule has 0 aliphatic carbocycles. The van der Waals surface area contributed by atoms with Crippen LogP contribution in [0, 0.1) is 3.95 Å². The van der Waals surface area contributed by atoms with Gasteiger partial charge in [-0.3, -0.25) is 13.8 Å². The van der Waals surface area contributed by atoms with Gasteiger partial charge in [-0.25, -0.2) is 0 Å². The molecule has 5 aromatic rings. The lowest BCUT2D eigenvalue weighted by Crippen LogP contribution is -2.23. The lowest BCUT2D eigenvalue weighted by Gasteiger charge is -2.14. The second-order valence-electron chi connectivity index (χ2n) is 7.43. The van der Waals surface area contributed by atoms with Crippen LogP contribution >= 0.6 is 35.2 Å². The van der Waals surface area contributed by atoms with Crippen LogP contribution in [-0.2, 0) is 12.7 Å². The largest absolute Gasteiger partial charge is 0.416 e. The lowest BCUT2D eigenvalue weighted by atomic mass is 10.1. The molecule has 2 heterocycles. The number of hydrogen-bond donors (Lipinski definition) is 0. The third-order valence-electron chi connectivity index (χ3n) is 5.40. The van der Waals surface area contributed by atoms with Crippen molar-refractivity contribution in [2.45, 2.75) is 12.7 Å². The maximum absolute atomic E-state index is 13.6. The summed E-state index contributed by atoms with van der Waals surface area (Å²) in [5.74, 6) is 0. The predicted molar refractivity (Wildman–Crippen MR) is 129 cm³/mol. The predicted octanol–water partition coefficient (Wildman–Crippen LogP) is 7.43. The van der Waals surface area contributed by atoms with Gasteiger partial charge in [-0.15, -0.1) is 11.3 Å². The maximum Gasteiger partial charge on any atom is 0.416 e. The second-order valence-corrected chi connectivity index (χ2v) is 9.49. The van der Waals surface area contributed by atoms with Crippen molar-refractivity contribution in [2.24, 2.45) is 0 Å². The summed E-state index contributed by atoms with van der Waals surface area (Å²) < 4.78 is 43.9. The molecule has 166 valence electrons. The minimum Gasteiger partial charge on any atom is -0.288 e. The fraction of sp³-hybridized carbons (Fsp3) is 0.0833. The van der Waals surface area contributed by atoms with Crippen molar-refractivity contribution in [1.29, 1.82) is 0 Å². The number of nitrogens with zero attached hydrogens (tertiary/aromatic N) is 2. The third-order valence-corrected chi connectivity index (χ3v) is 7.18. The van der Waals surface area contributed by atoms with Crippen LogP contribution in [0.5, 0.6) is 0 Å². The molecule has 0 amide bonds. The van der Waals surface area contributed by atoms with E-state index in [1.54, 1.807) is 46.9 Å². The minimum absolute atomic E-state index is 0.143. The van der Waals surface area contributed by atoms with E-state index in [1.807, 2.05) is 12.1 Å². The summed E-state index contributed by atoms with van der Waals surface area (Å²) >= 11 is 13.2. The molecule has 0 N–H and O–H groups in total. The van der Waals surface area contributed by atoms with Crippen molar-refractivity contribution < 1.29 is 13.2 Å². The van der Waals surface area contributed by atoms with Crippen LogP contribution in [0.2, 0.25) is 5.02 Å². The highest BCUT2D eigenvalue weighted by Gasteiger charge is 2.31. The molecule has 3 nitrogen and oxygen atoms in total. The highest BCUT2D eigenvalue weighted by Crippen LogP contribution is 2.37. The van der Waals surface area contributed by atoms with Crippen LogP contribution in [0.15, 0.2) is 77.6 Å². The number of fused-ring (bicyclic) bond motifs is 3. The van der Waals surface area contributed by atoms with Crippen LogP contribution in [0.4, 0.5) is 13.2 Å². The average molecular weight is 503 g/mol. The first-order valence-corrected chi connectivity index (χ1v) is 11.4. The van der Waals surface area contributed by atoms with E-state index >= 15 is 0 Å². The van der Waals surface area contributed by atoms with Crippen LogP contribution in [-0.4, -0.2) is 8.97 Å². The zero-order chi connectivity index (χ0) is 23.3. The van der Waals surface area contributed by atoms with Crippen molar-refractivity contribution in [3.63, 3.8) is 0 Å². The van der Waals surface area contributed by atoms with Gasteiger partial charge in [-0.1, -0.05) is 54.1 Å². The fourth-order valence-corrected chi connectivity index (χ4v) is 5.50. The van der Waals surface area contributed by atoms with Crippen LogP contribution in [0.25, 0.3) is 27.0 Å². The van der Waals surface area contributed by atoms with E-state index in [-0.39, 0.29) is 12.1 Å². The summed E-state index contributed by atoms with van der Waals surface area (Å²) in [6, 6.07) is 19.3. The molecule has 0 saturated carbocycles. The normalized spacial score (nSPS) is 12.0. The number of aromatic nitrogens is 2. The molecule has 3 aromatic carbocycles. The van der Waals surface area contributed by atoms with E-state index in [4.69, 9.17) is 23.8 Å². The molecule has 0 atom stereocenters. The Morgan fingerprint density at radius 1 is 0.970 bits per heavy atom. The number of alkyl halides is 3. The van der Waals surface area contributed by atoms with E-state index in [0.29, 0.717) is 41.5 Å². The molecule has 5 rings (SSSR count). The molecular weight excluding hydrogens is 489 g/mol. The van der Waals surface area contributed by atoms with Gasteiger partial charge in [0.2, 0.25) is 0 Å². The smallest absolute Gasteiger partial charge is 0.288 e. The van der Waals surface area contributed by atoms with Gasteiger partial charge in [0.05, 0.1) is 27.9 Å². The van der Waals surface area contributed by atoms with E-state index in [2.05, 4.69) is 0 Å². The van der Waals surface area contributed by atoms with Gasteiger partial charge < -0.3 is 0 Å². The van der Waals surface area contributed by atoms with Gasteiger partial charge in [0, 0.05) is 5.02 Å². The molecule has 0 fully saturated rings. The number of rotatable bonds is 3. The van der Waals surface area contributed by atoms with E-state index in [1.165, 1.54) is 22.0 Å². The second kappa shape index (κ2) is 8.13. The quantitative estimate of drug-likeness (QED) is 0.240. The zero-order valence-electron chi connectivity index (χ0n) is 16.8. The first-order chi connectivity index (χ1) is 15.8. The Morgan fingerprint density at radius 2 is 1.70 bits per heavy atom. The van der Waals surface area contributed by atoms with Gasteiger partial charge >= 0.3 is 6.18 Å². The van der Waals surface area contributed by atoms with Crippen LogP contribution in [0.3, 0.4) is 0 Å². The van der Waals surface area contributed by atoms with Crippen LogP contribution in [0.1, 0.15) is 11.1 Å². The summed E-state index contributed by atoms with van der Waals surface area (Å²) in [4.78, 5) is 14.1. The monoisotopic (exact) mass is 502 g/mol. The number of para-hydroxylation sites is 1. The van der Waals surface area contributed by atoms with Crippen molar-refractivity contribution in [2.75, 3.05) is 0 Å². The Bertz CT molecular complexity index is 1650. The first-order valence-electron chi connectivity index (χ1n) is 9.84. The molecule has 0 aliphatic rings. The standard InChI is InChI=1S/C24H14ClF3N2OS2/c25-18-10-3-1-6-15(18)13-29-21-20(14-7-5-8-16(12-14)24(26,27)28)33-23(32)30(21)19-11-4-2-9-17(19)22(29)31/h1-12H,13H2. The Morgan fingerprint density at radius 3 is 2.45 bits per heavy atom. The van der Waals surface area contributed by atoms with Gasteiger partial charge in [-0.2, -0.15) is 13.2 Å². The molecule has 0 spiro atoms. The number of thiazole rings is 1. The molecular formula is C24H14ClF3N2OS2. The molecule has 2 aromatic heterocycles. The molecule has 0 aliphatic heterocycles. The Hall–Kier alpha value is -2.94. The summed E-state index contributed by atoms with van der Waals surface area (Å²) in [5, 5.41) is 0.951. The molecule has 0 unspecified atom stereocenters. The van der Waals surface area contributed by atoms with Crippen molar-refractivity contribution >= 4 is 51.7 Å². The van der Waals surface area contributed by atoms with Crippen molar-refractivity contribution in [1.82, 2.24) is 8.97 Å². The molecule has 0 radical (unpaired) electrons. The maximum atomic E-state index is 13.6. The number of benzene rings is 3. The lowest BCUT2D eigenvalue weighted by molar-refractivity contribution is -0.137. The molecule has 33 heavy (non-hydrogen) atoms. The summed E-state index contributed by atoms with van der Waals surface area (Å²) in [6.07, 6.45) is -4.49. The summed E-state index contributed by atoms with van der Waals surface area (Å²) in [6.45, 7) is 0.143. The Kier molecular flexibility index (Phi) is 5.39. The minimum atomic E-state index is -4.49. The number of halogens is 4. The summed E-state index contributed by atoms with van der Waals surface area (Å²) in [5.41, 5.74) is 1.06. The molecule has 0 bridgehead atoms.